The number of benzene rings is 2. The van der Waals surface area contributed by atoms with E-state index in [1.54, 1.807) is 25.6 Å². The minimum atomic E-state index is -3.57. The number of amides is 1. The van der Waals surface area contributed by atoms with Crippen LogP contribution in [0, 0.1) is 0 Å². The SMILES string of the molecule is CSc1ccc2nc(NC(=O)c3ccc(S(=O)(=O)N(C)C(C)C)cc3)sc2c1. The molecule has 3 aromatic rings. The number of aromatic nitrogens is 1. The number of carbonyl (C=O) groups excluding carboxylic acids is 1. The summed E-state index contributed by atoms with van der Waals surface area (Å²) in [4.78, 5) is 18.2. The summed E-state index contributed by atoms with van der Waals surface area (Å²) in [5.74, 6) is -0.328. The molecule has 148 valence electrons. The zero-order valence-corrected chi connectivity index (χ0v) is 18.4. The van der Waals surface area contributed by atoms with Gasteiger partial charge in [-0.3, -0.25) is 10.1 Å². The molecule has 0 aliphatic carbocycles. The molecule has 0 atom stereocenters. The number of carbonyl (C=O) groups is 1. The maximum Gasteiger partial charge on any atom is 0.257 e. The first-order chi connectivity index (χ1) is 13.2. The molecule has 1 aromatic heterocycles. The standard InChI is InChI=1S/C19H21N3O3S3/c1-12(2)22(3)28(24,25)15-8-5-13(6-9-15)18(23)21-19-20-16-10-7-14(26-4)11-17(16)27-19/h5-12H,1-4H3,(H,20,21,23). The van der Waals surface area contributed by atoms with Gasteiger partial charge in [0.2, 0.25) is 10.0 Å². The van der Waals surface area contributed by atoms with Crippen molar-refractivity contribution in [2.45, 2.75) is 29.7 Å². The highest BCUT2D eigenvalue weighted by atomic mass is 32.2. The zero-order chi connectivity index (χ0) is 20.5. The van der Waals surface area contributed by atoms with E-state index < -0.39 is 10.0 Å². The van der Waals surface area contributed by atoms with Crippen molar-refractivity contribution in [3.63, 3.8) is 0 Å². The molecule has 0 spiro atoms. The summed E-state index contributed by atoms with van der Waals surface area (Å²) in [6, 6.07) is 11.7. The molecule has 3 rings (SSSR count). The fourth-order valence-electron chi connectivity index (χ4n) is 2.48. The maximum absolute atomic E-state index is 12.5. The van der Waals surface area contributed by atoms with Crippen LogP contribution >= 0.6 is 23.1 Å². The quantitative estimate of drug-likeness (QED) is 0.584. The molecule has 0 bridgehead atoms. The fourth-order valence-corrected chi connectivity index (χ4v) is 5.26. The number of fused-ring (bicyclic) bond motifs is 1. The van der Waals surface area contributed by atoms with Crippen molar-refractivity contribution in [1.29, 1.82) is 0 Å². The number of hydrogen-bond acceptors (Lipinski definition) is 6. The predicted molar refractivity (Wildman–Crippen MR) is 116 cm³/mol. The number of thioether (sulfide) groups is 1. The smallest absolute Gasteiger partial charge is 0.257 e. The Bertz CT molecular complexity index is 1110. The molecule has 0 radical (unpaired) electrons. The van der Waals surface area contributed by atoms with Crippen LogP contribution in [0.25, 0.3) is 10.2 Å². The highest BCUT2D eigenvalue weighted by Gasteiger charge is 2.23. The summed E-state index contributed by atoms with van der Waals surface area (Å²) in [6.07, 6.45) is 2.01. The van der Waals surface area contributed by atoms with Crippen molar-refractivity contribution < 1.29 is 13.2 Å². The molecule has 0 saturated carbocycles. The highest BCUT2D eigenvalue weighted by molar-refractivity contribution is 7.98. The molecule has 28 heavy (non-hydrogen) atoms. The third kappa shape index (κ3) is 4.22. The Kier molecular flexibility index (Phi) is 6.09. The first kappa shape index (κ1) is 20.8. The maximum atomic E-state index is 12.5. The Morgan fingerprint density at radius 2 is 1.86 bits per heavy atom. The second-order valence-corrected chi connectivity index (χ2v) is 10.4. The van der Waals surface area contributed by atoms with Crippen molar-refractivity contribution in [2.24, 2.45) is 0 Å². The minimum Gasteiger partial charge on any atom is -0.298 e. The second kappa shape index (κ2) is 8.20. The van der Waals surface area contributed by atoms with Gasteiger partial charge in [0.05, 0.1) is 15.1 Å². The van der Waals surface area contributed by atoms with Gasteiger partial charge < -0.3 is 0 Å². The van der Waals surface area contributed by atoms with E-state index in [2.05, 4.69) is 10.3 Å². The largest absolute Gasteiger partial charge is 0.298 e. The normalized spacial score (nSPS) is 12.1. The second-order valence-electron chi connectivity index (χ2n) is 6.45. The molecule has 2 aromatic carbocycles. The number of nitrogens with one attached hydrogen (secondary N) is 1. The van der Waals surface area contributed by atoms with E-state index >= 15 is 0 Å². The van der Waals surface area contributed by atoms with Gasteiger partial charge in [-0.15, -0.1) is 11.8 Å². The van der Waals surface area contributed by atoms with Gasteiger partial charge in [0.15, 0.2) is 5.13 Å². The van der Waals surface area contributed by atoms with Crippen LogP contribution < -0.4 is 5.32 Å². The Hall–Kier alpha value is -1.94. The Morgan fingerprint density at radius 3 is 2.46 bits per heavy atom. The summed E-state index contributed by atoms with van der Waals surface area (Å²) in [5.41, 5.74) is 1.20. The van der Waals surface area contributed by atoms with Crippen LogP contribution in [0.3, 0.4) is 0 Å². The first-order valence-electron chi connectivity index (χ1n) is 8.56. The van der Waals surface area contributed by atoms with Gasteiger partial charge in [-0.05, 0) is 62.6 Å². The lowest BCUT2D eigenvalue weighted by Crippen LogP contribution is -2.33. The fraction of sp³-hybridized carbons (Fsp3) is 0.263. The number of nitrogens with zero attached hydrogens (tertiary/aromatic N) is 2. The molecule has 6 nitrogen and oxygen atoms in total. The van der Waals surface area contributed by atoms with Gasteiger partial charge in [-0.1, -0.05) is 11.3 Å². The number of sulfonamides is 1. The van der Waals surface area contributed by atoms with Crippen molar-refractivity contribution >= 4 is 54.4 Å². The van der Waals surface area contributed by atoms with E-state index in [0.29, 0.717) is 10.7 Å². The molecule has 0 aliphatic rings. The van der Waals surface area contributed by atoms with Gasteiger partial charge in [-0.25, -0.2) is 13.4 Å². The zero-order valence-electron chi connectivity index (χ0n) is 16.0. The summed E-state index contributed by atoms with van der Waals surface area (Å²) < 4.78 is 27.3. The third-order valence-corrected chi connectivity index (χ3v) is 8.04. The van der Waals surface area contributed by atoms with Gasteiger partial charge in [0.25, 0.3) is 5.91 Å². The van der Waals surface area contributed by atoms with E-state index in [1.165, 1.54) is 47.0 Å². The van der Waals surface area contributed by atoms with Crippen LogP contribution in [0.15, 0.2) is 52.3 Å². The van der Waals surface area contributed by atoms with Crippen molar-refractivity contribution in [1.82, 2.24) is 9.29 Å². The molecular weight excluding hydrogens is 414 g/mol. The summed E-state index contributed by atoms with van der Waals surface area (Å²) in [6.45, 7) is 3.61. The molecule has 0 unspecified atom stereocenters. The van der Waals surface area contributed by atoms with E-state index in [0.717, 1.165) is 15.1 Å². The van der Waals surface area contributed by atoms with Gasteiger partial charge in [0, 0.05) is 23.5 Å². The lowest BCUT2D eigenvalue weighted by molar-refractivity contribution is 0.102. The highest BCUT2D eigenvalue weighted by Crippen LogP contribution is 2.29. The first-order valence-corrected chi connectivity index (χ1v) is 12.0. The van der Waals surface area contributed by atoms with Crippen molar-refractivity contribution in [2.75, 3.05) is 18.6 Å². The van der Waals surface area contributed by atoms with Gasteiger partial charge in [-0.2, -0.15) is 4.31 Å². The number of rotatable bonds is 6. The van der Waals surface area contributed by atoms with E-state index in [-0.39, 0.29) is 16.8 Å². The molecule has 1 N–H and O–H groups in total. The van der Waals surface area contributed by atoms with Gasteiger partial charge >= 0.3 is 0 Å². The third-order valence-electron chi connectivity index (χ3n) is 4.34. The monoisotopic (exact) mass is 435 g/mol. The van der Waals surface area contributed by atoms with Gasteiger partial charge in [0.1, 0.15) is 0 Å². The average Bonchev–Trinajstić information content (AvgIpc) is 3.08. The Morgan fingerprint density at radius 1 is 1.18 bits per heavy atom. The summed E-state index contributed by atoms with van der Waals surface area (Å²) in [7, 11) is -2.04. The molecule has 9 heteroatoms. The molecule has 0 aliphatic heterocycles. The Labute approximate surface area is 173 Å². The van der Waals surface area contributed by atoms with Crippen LogP contribution in [0.5, 0.6) is 0 Å². The predicted octanol–water partition coefficient (Wildman–Crippen LogP) is 4.30. The lowest BCUT2D eigenvalue weighted by Gasteiger charge is -2.20. The Balaban J connectivity index is 1.78. The van der Waals surface area contributed by atoms with Crippen LogP contribution in [0.4, 0.5) is 5.13 Å². The molecular formula is C19H21N3O3S3. The molecule has 1 amide bonds. The topological polar surface area (TPSA) is 79.4 Å². The van der Waals surface area contributed by atoms with Crippen molar-refractivity contribution in [3.05, 3.63) is 48.0 Å². The summed E-state index contributed by atoms with van der Waals surface area (Å²) >= 11 is 3.05. The van der Waals surface area contributed by atoms with E-state index in [9.17, 15) is 13.2 Å². The lowest BCUT2D eigenvalue weighted by atomic mass is 10.2. The number of anilines is 1. The van der Waals surface area contributed by atoms with Crippen molar-refractivity contribution in [3.8, 4) is 0 Å². The van der Waals surface area contributed by atoms with Crippen LogP contribution in [0.1, 0.15) is 24.2 Å². The van der Waals surface area contributed by atoms with Crippen LogP contribution in [-0.4, -0.2) is 43.0 Å². The average molecular weight is 436 g/mol. The minimum absolute atomic E-state index is 0.154. The molecule has 0 saturated heterocycles. The number of thiazole rings is 1. The van der Waals surface area contributed by atoms with Crippen LogP contribution in [-0.2, 0) is 10.0 Å². The molecule has 1 heterocycles. The van der Waals surface area contributed by atoms with E-state index in [1.807, 2.05) is 24.5 Å². The summed E-state index contributed by atoms with van der Waals surface area (Å²) in [5, 5.41) is 3.29. The molecule has 0 fully saturated rings. The number of hydrogen-bond donors (Lipinski definition) is 1. The van der Waals surface area contributed by atoms with Crippen LogP contribution in [0.2, 0.25) is 0 Å². The van der Waals surface area contributed by atoms with E-state index in [4.69, 9.17) is 0 Å².